The molecule has 0 amide bonds. The molecule has 0 spiro atoms. The number of methoxy groups -OCH3 is 1. The number of thiophene rings is 1. The molecule has 1 heterocycles. The SMILES string of the molecule is COc1ccc(Sc2ccsc2)cc1. The minimum Gasteiger partial charge on any atom is -0.497 e. The Hall–Kier alpha value is -0.930. The number of benzene rings is 1. The van der Waals surface area contributed by atoms with Crippen LogP contribution in [-0.4, -0.2) is 7.11 Å². The average Bonchev–Trinajstić information content (AvgIpc) is 2.72. The third-order valence-corrected chi connectivity index (χ3v) is 3.62. The molecule has 2 rings (SSSR count). The first kappa shape index (κ1) is 9.62. The van der Waals surface area contributed by atoms with Crippen molar-refractivity contribution < 1.29 is 4.74 Å². The Labute approximate surface area is 91.7 Å². The van der Waals surface area contributed by atoms with Crippen LogP contribution in [0.5, 0.6) is 5.75 Å². The van der Waals surface area contributed by atoms with Gasteiger partial charge in [-0.3, -0.25) is 0 Å². The quantitative estimate of drug-likeness (QED) is 0.778. The van der Waals surface area contributed by atoms with Gasteiger partial charge in [-0.25, -0.2) is 0 Å². The molecule has 0 unspecified atom stereocenters. The first-order valence-corrected chi connectivity index (χ1v) is 5.98. The Morgan fingerprint density at radius 3 is 2.43 bits per heavy atom. The van der Waals surface area contributed by atoms with Crippen molar-refractivity contribution in [1.29, 1.82) is 0 Å². The smallest absolute Gasteiger partial charge is 0.118 e. The Morgan fingerprint density at radius 1 is 1.07 bits per heavy atom. The van der Waals surface area contributed by atoms with Crippen molar-refractivity contribution >= 4 is 23.1 Å². The average molecular weight is 222 g/mol. The lowest BCUT2D eigenvalue weighted by atomic mass is 10.3. The first-order chi connectivity index (χ1) is 6.88. The molecule has 14 heavy (non-hydrogen) atoms. The molecule has 0 aliphatic heterocycles. The van der Waals surface area contributed by atoms with E-state index < -0.39 is 0 Å². The van der Waals surface area contributed by atoms with E-state index in [0.29, 0.717) is 0 Å². The molecule has 0 saturated carbocycles. The summed E-state index contributed by atoms with van der Waals surface area (Å²) < 4.78 is 5.10. The van der Waals surface area contributed by atoms with Gasteiger partial charge in [-0.1, -0.05) is 11.8 Å². The molecular formula is C11H10OS2. The van der Waals surface area contributed by atoms with Crippen LogP contribution in [0.25, 0.3) is 0 Å². The summed E-state index contributed by atoms with van der Waals surface area (Å²) in [4.78, 5) is 2.53. The lowest BCUT2D eigenvalue weighted by Crippen LogP contribution is -1.80. The van der Waals surface area contributed by atoms with Crippen molar-refractivity contribution in [2.75, 3.05) is 7.11 Å². The third-order valence-electron chi connectivity index (χ3n) is 1.79. The minimum absolute atomic E-state index is 0.902. The van der Waals surface area contributed by atoms with Gasteiger partial charge in [0.15, 0.2) is 0 Å². The maximum absolute atomic E-state index is 5.10. The molecule has 1 aromatic heterocycles. The maximum atomic E-state index is 5.10. The van der Waals surface area contributed by atoms with Gasteiger partial charge in [0.1, 0.15) is 5.75 Å². The normalized spacial score (nSPS) is 10.1. The monoisotopic (exact) mass is 222 g/mol. The van der Waals surface area contributed by atoms with Gasteiger partial charge in [0, 0.05) is 15.2 Å². The van der Waals surface area contributed by atoms with Crippen LogP contribution in [0.4, 0.5) is 0 Å². The second-order valence-corrected chi connectivity index (χ2v) is 4.66. The zero-order valence-corrected chi connectivity index (χ0v) is 9.40. The van der Waals surface area contributed by atoms with Gasteiger partial charge < -0.3 is 4.74 Å². The Kier molecular flexibility index (Phi) is 3.11. The zero-order valence-electron chi connectivity index (χ0n) is 7.77. The molecule has 0 N–H and O–H groups in total. The van der Waals surface area contributed by atoms with Gasteiger partial charge in [0.05, 0.1) is 7.11 Å². The van der Waals surface area contributed by atoms with E-state index in [9.17, 15) is 0 Å². The maximum Gasteiger partial charge on any atom is 0.118 e. The summed E-state index contributed by atoms with van der Waals surface area (Å²) >= 11 is 3.49. The Morgan fingerprint density at radius 2 is 1.86 bits per heavy atom. The highest BCUT2D eigenvalue weighted by molar-refractivity contribution is 7.99. The lowest BCUT2D eigenvalue weighted by Gasteiger charge is -2.01. The molecule has 0 atom stereocenters. The van der Waals surface area contributed by atoms with Gasteiger partial charge in [0.2, 0.25) is 0 Å². The Balaban J connectivity index is 2.10. The molecule has 2 aromatic rings. The fourth-order valence-corrected chi connectivity index (χ4v) is 2.73. The van der Waals surface area contributed by atoms with Crippen molar-refractivity contribution in [3.8, 4) is 5.75 Å². The second kappa shape index (κ2) is 4.53. The fraction of sp³-hybridized carbons (Fsp3) is 0.0909. The van der Waals surface area contributed by atoms with Crippen molar-refractivity contribution in [2.45, 2.75) is 9.79 Å². The highest BCUT2D eigenvalue weighted by Crippen LogP contribution is 2.30. The van der Waals surface area contributed by atoms with Crippen molar-refractivity contribution in [1.82, 2.24) is 0 Å². The summed E-state index contributed by atoms with van der Waals surface area (Å²) in [5.41, 5.74) is 0. The molecule has 0 aliphatic rings. The van der Waals surface area contributed by atoms with Gasteiger partial charge >= 0.3 is 0 Å². The van der Waals surface area contributed by atoms with Crippen LogP contribution in [-0.2, 0) is 0 Å². The van der Waals surface area contributed by atoms with E-state index in [-0.39, 0.29) is 0 Å². The predicted octanol–water partition coefficient (Wildman–Crippen LogP) is 3.91. The largest absolute Gasteiger partial charge is 0.497 e. The topological polar surface area (TPSA) is 9.23 Å². The number of hydrogen-bond donors (Lipinski definition) is 0. The molecule has 72 valence electrons. The summed E-state index contributed by atoms with van der Waals surface area (Å²) in [5.74, 6) is 0.902. The van der Waals surface area contributed by atoms with E-state index in [1.807, 2.05) is 12.1 Å². The summed E-state index contributed by atoms with van der Waals surface area (Å²) in [7, 11) is 1.68. The molecular weight excluding hydrogens is 212 g/mol. The molecule has 0 aliphatic carbocycles. The van der Waals surface area contributed by atoms with Gasteiger partial charge in [-0.15, -0.1) is 0 Å². The summed E-state index contributed by atoms with van der Waals surface area (Å²) in [5, 5.41) is 4.24. The molecule has 3 heteroatoms. The second-order valence-electron chi connectivity index (χ2n) is 2.74. The van der Waals surface area contributed by atoms with Gasteiger partial charge in [-0.05, 0) is 35.7 Å². The predicted molar refractivity (Wildman–Crippen MR) is 61.4 cm³/mol. The van der Waals surface area contributed by atoms with E-state index in [4.69, 9.17) is 4.74 Å². The van der Waals surface area contributed by atoms with E-state index in [0.717, 1.165) is 5.75 Å². The standard InChI is InChI=1S/C11H10OS2/c1-12-9-2-4-10(5-3-9)14-11-6-7-13-8-11/h2-8H,1H3. The van der Waals surface area contributed by atoms with E-state index in [1.54, 1.807) is 30.2 Å². The van der Waals surface area contributed by atoms with Crippen LogP contribution < -0.4 is 4.74 Å². The third kappa shape index (κ3) is 2.30. The zero-order chi connectivity index (χ0) is 9.80. The Bertz CT molecular complexity index is 378. The number of hydrogen-bond acceptors (Lipinski definition) is 3. The molecule has 1 nitrogen and oxygen atoms in total. The van der Waals surface area contributed by atoms with Crippen molar-refractivity contribution in [2.24, 2.45) is 0 Å². The first-order valence-electron chi connectivity index (χ1n) is 4.22. The van der Waals surface area contributed by atoms with E-state index in [2.05, 4.69) is 29.0 Å². The summed E-state index contributed by atoms with van der Waals surface area (Å²) in [6.45, 7) is 0. The number of ether oxygens (including phenoxy) is 1. The van der Waals surface area contributed by atoms with Crippen molar-refractivity contribution in [3.63, 3.8) is 0 Å². The summed E-state index contributed by atoms with van der Waals surface area (Å²) in [6, 6.07) is 10.2. The van der Waals surface area contributed by atoms with Crippen LogP contribution in [0.15, 0.2) is 50.9 Å². The van der Waals surface area contributed by atoms with Crippen LogP contribution in [0, 0.1) is 0 Å². The van der Waals surface area contributed by atoms with Crippen LogP contribution in [0.3, 0.4) is 0 Å². The van der Waals surface area contributed by atoms with Crippen LogP contribution >= 0.6 is 23.1 Å². The molecule has 1 aromatic carbocycles. The summed E-state index contributed by atoms with van der Waals surface area (Å²) in [6.07, 6.45) is 0. The highest BCUT2D eigenvalue weighted by atomic mass is 32.2. The number of rotatable bonds is 3. The molecule has 0 radical (unpaired) electrons. The van der Waals surface area contributed by atoms with Gasteiger partial charge in [-0.2, -0.15) is 11.3 Å². The van der Waals surface area contributed by atoms with E-state index in [1.165, 1.54) is 9.79 Å². The van der Waals surface area contributed by atoms with Crippen LogP contribution in [0.2, 0.25) is 0 Å². The fourth-order valence-electron chi connectivity index (χ4n) is 1.09. The minimum atomic E-state index is 0.902. The lowest BCUT2D eigenvalue weighted by molar-refractivity contribution is 0.414. The molecule has 0 fully saturated rings. The van der Waals surface area contributed by atoms with E-state index >= 15 is 0 Å². The molecule has 0 saturated heterocycles. The van der Waals surface area contributed by atoms with Crippen LogP contribution in [0.1, 0.15) is 0 Å². The molecule has 0 bridgehead atoms. The van der Waals surface area contributed by atoms with Gasteiger partial charge in [0.25, 0.3) is 0 Å². The highest BCUT2D eigenvalue weighted by Gasteiger charge is 1.97. The van der Waals surface area contributed by atoms with Crippen molar-refractivity contribution in [3.05, 3.63) is 41.1 Å².